The lowest BCUT2D eigenvalue weighted by Crippen LogP contribution is -1.96. The molecule has 6 heteroatoms. The number of hydrogen-bond acceptors (Lipinski definition) is 4. The minimum absolute atomic E-state index is 0.398. The molecule has 4 nitrogen and oxygen atoms in total. The lowest BCUT2D eigenvalue weighted by atomic mass is 10.7. The van der Waals surface area contributed by atoms with E-state index in [9.17, 15) is 0 Å². The number of rotatable bonds is 2. The number of aromatic nitrogens is 2. The van der Waals surface area contributed by atoms with Gasteiger partial charge in [-0.3, -0.25) is 0 Å². The quantitative estimate of drug-likeness (QED) is 0.838. The van der Waals surface area contributed by atoms with Crippen LogP contribution in [0.15, 0.2) is 9.21 Å². The van der Waals surface area contributed by atoms with Crippen LogP contribution in [0.5, 0.6) is 11.8 Å². The van der Waals surface area contributed by atoms with Gasteiger partial charge in [0.25, 0.3) is 11.8 Å². The molecule has 0 amide bonds. The van der Waals surface area contributed by atoms with E-state index in [2.05, 4.69) is 41.8 Å². The van der Waals surface area contributed by atoms with Gasteiger partial charge in [0.2, 0.25) is 0 Å². The molecule has 1 aromatic rings. The summed E-state index contributed by atoms with van der Waals surface area (Å²) in [6.07, 6.45) is 0. The fraction of sp³-hybridized carbons (Fsp3) is 0.333. The minimum atomic E-state index is 0.398. The van der Waals surface area contributed by atoms with Gasteiger partial charge in [0.05, 0.1) is 14.2 Å². The van der Waals surface area contributed by atoms with Gasteiger partial charge in [-0.1, -0.05) is 0 Å². The molecular weight excluding hydrogens is 292 g/mol. The zero-order valence-electron chi connectivity index (χ0n) is 6.47. The van der Waals surface area contributed by atoms with Crippen molar-refractivity contribution in [2.24, 2.45) is 0 Å². The molecule has 0 bridgehead atoms. The second kappa shape index (κ2) is 4.04. The molecular formula is C6H6Br2N2O2. The Hall–Kier alpha value is -0.360. The molecule has 0 atom stereocenters. The van der Waals surface area contributed by atoms with Crippen molar-refractivity contribution in [2.45, 2.75) is 0 Å². The first-order valence-corrected chi connectivity index (χ1v) is 4.58. The summed E-state index contributed by atoms with van der Waals surface area (Å²) in [7, 11) is 3.03. The number of halogens is 2. The Balaban J connectivity index is 3.18. The van der Waals surface area contributed by atoms with Crippen LogP contribution >= 0.6 is 31.9 Å². The van der Waals surface area contributed by atoms with Crippen molar-refractivity contribution in [3.05, 3.63) is 9.21 Å². The molecule has 0 spiro atoms. The van der Waals surface area contributed by atoms with Crippen LogP contribution in [-0.4, -0.2) is 24.2 Å². The Morgan fingerprint density at radius 2 is 1.33 bits per heavy atom. The van der Waals surface area contributed by atoms with Crippen LogP contribution in [0.1, 0.15) is 0 Å². The van der Waals surface area contributed by atoms with E-state index < -0.39 is 0 Å². The molecule has 1 heterocycles. The normalized spacial score (nSPS) is 9.67. The standard InChI is InChI=1S/C6H6Br2N2O2/c1-11-5-3(7)9-4(8)6(10-5)12-2/h1-2H3. The maximum Gasteiger partial charge on any atom is 0.250 e. The zero-order valence-corrected chi connectivity index (χ0v) is 9.64. The Kier molecular flexibility index (Phi) is 3.28. The maximum atomic E-state index is 4.92. The third kappa shape index (κ3) is 1.87. The van der Waals surface area contributed by atoms with Gasteiger partial charge in [0, 0.05) is 0 Å². The highest BCUT2D eigenvalue weighted by molar-refractivity contribution is 9.11. The molecule has 0 saturated carbocycles. The highest BCUT2D eigenvalue weighted by atomic mass is 79.9. The van der Waals surface area contributed by atoms with Gasteiger partial charge in [-0.15, -0.1) is 0 Å². The van der Waals surface area contributed by atoms with Crippen LogP contribution in [0.4, 0.5) is 0 Å². The molecule has 0 N–H and O–H groups in total. The first kappa shape index (κ1) is 9.73. The van der Waals surface area contributed by atoms with Crippen molar-refractivity contribution in [1.29, 1.82) is 0 Å². The molecule has 0 aromatic carbocycles. The number of nitrogens with zero attached hydrogens (tertiary/aromatic N) is 2. The minimum Gasteiger partial charge on any atom is -0.479 e. The van der Waals surface area contributed by atoms with Crippen molar-refractivity contribution < 1.29 is 9.47 Å². The number of hydrogen-bond donors (Lipinski definition) is 0. The Morgan fingerprint density at radius 1 is 0.917 bits per heavy atom. The second-order valence-corrected chi connectivity index (χ2v) is 3.33. The third-order valence-electron chi connectivity index (χ3n) is 1.14. The smallest absolute Gasteiger partial charge is 0.250 e. The molecule has 66 valence electrons. The summed E-state index contributed by atoms with van der Waals surface area (Å²) in [5.74, 6) is 0.796. The Bertz CT molecular complexity index is 268. The first-order valence-electron chi connectivity index (χ1n) is 3.00. The van der Waals surface area contributed by atoms with Crippen LogP contribution in [-0.2, 0) is 0 Å². The predicted octanol–water partition coefficient (Wildman–Crippen LogP) is 2.02. The van der Waals surface area contributed by atoms with E-state index in [1.54, 1.807) is 0 Å². The molecule has 0 unspecified atom stereocenters. The summed E-state index contributed by atoms with van der Waals surface area (Å²) in [4.78, 5) is 8.04. The van der Waals surface area contributed by atoms with Gasteiger partial charge in [-0.05, 0) is 31.9 Å². The summed E-state index contributed by atoms with van der Waals surface area (Å²) in [5, 5.41) is 0. The zero-order chi connectivity index (χ0) is 9.14. The lowest BCUT2D eigenvalue weighted by Gasteiger charge is -2.05. The third-order valence-corrected chi connectivity index (χ3v) is 2.17. The predicted molar refractivity (Wildman–Crippen MR) is 50.5 cm³/mol. The molecule has 0 saturated heterocycles. The summed E-state index contributed by atoms with van der Waals surface area (Å²) in [6.45, 7) is 0. The summed E-state index contributed by atoms with van der Waals surface area (Å²) >= 11 is 6.37. The molecule has 0 radical (unpaired) electrons. The van der Waals surface area contributed by atoms with E-state index in [-0.39, 0.29) is 0 Å². The summed E-state index contributed by atoms with van der Waals surface area (Å²) in [5.41, 5.74) is 0. The number of ether oxygens (including phenoxy) is 2. The number of methoxy groups -OCH3 is 2. The lowest BCUT2D eigenvalue weighted by molar-refractivity contribution is 0.356. The van der Waals surface area contributed by atoms with E-state index >= 15 is 0 Å². The van der Waals surface area contributed by atoms with E-state index in [1.165, 1.54) is 14.2 Å². The van der Waals surface area contributed by atoms with Crippen molar-refractivity contribution in [2.75, 3.05) is 14.2 Å². The van der Waals surface area contributed by atoms with Crippen LogP contribution in [0, 0.1) is 0 Å². The van der Waals surface area contributed by atoms with Gasteiger partial charge in [0.1, 0.15) is 0 Å². The molecule has 1 aromatic heterocycles. The van der Waals surface area contributed by atoms with Gasteiger partial charge >= 0.3 is 0 Å². The topological polar surface area (TPSA) is 44.2 Å². The fourth-order valence-electron chi connectivity index (χ4n) is 0.626. The van der Waals surface area contributed by atoms with Crippen LogP contribution in [0.3, 0.4) is 0 Å². The molecule has 0 fully saturated rings. The fourth-order valence-corrected chi connectivity index (χ4v) is 1.72. The molecule has 1 rings (SSSR count). The molecule has 0 aliphatic heterocycles. The van der Waals surface area contributed by atoms with Crippen molar-refractivity contribution in [1.82, 2.24) is 9.97 Å². The van der Waals surface area contributed by atoms with Crippen molar-refractivity contribution in [3.63, 3.8) is 0 Å². The average Bonchev–Trinajstić information content (AvgIpc) is 2.05. The van der Waals surface area contributed by atoms with Crippen LogP contribution in [0.25, 0.3) is 0 Å². The molecule has 12 heavy (non-hydrogen) atoms. The summed E-state index contributed by atoms with van der Waals surface area (Å²) in [6, 6.07) is 0. The average molecular weight is 298 g/mol. The molecule has 0 aliphatic carbocycles. The highest BCUT2D eigenvalue weighted by Gasteiger charge is 2.10. The van der Waals surface area contributed by atoms with E-state index in [0.29, 0.717) is 21.0 Å². The monoisotopic (exact) mass is 296 g/mol. The van der Waals surface area contributed by atoms with Crippen molar-refractivity contribution in [3.8, 4) is 11.8 Å². The van der Waals surface area contributed by atoms with Gasteiger partial charge < -0.3 is 9.47 Å². The largest absolute Gasteiger partial charge is 0.479 e. The SMILES string of the molecule is COc1nc(OC)c(Br)nc1Br. The summed E-state index contributed by atoms with van der Waals surface area (Å²) < 4.78 is 10.9. The van der Waals surface area contributed by atoms with Crippen molar-refractivity contribution >= 4 is 31.9 Å². The van der Waals surface area contributed by atoms with Gasteiger partial charge in [-0.2, -0.15) is 4.98 Å². The van der Waals surface area contributed by atoms with E-state index in [0.717, 1.165) is 0 Å². The first-order chi connectivity index (χ1) is 5.69. The second-order valence-electron chi connectivity index (χ2n) is 1.82. The van der Waals surface area contributed by atoms with E-state index in [4.69, 9.17) is 9.47 Å². The van der Waals surface area contributed by atoms with E-state index in [1.807, 2.05) is 0 Å². The highest BCUT2D eigenvalue weighted by Crippen LogP contribution is 2.28. The Labute approximate surface area is 86.6 Å². The van der Waals surface area contributed by atoms with Gasteiger partial charge in [-0.25, -0.2) is 4.98 Å². The van der Waals surface area contributed by atoms with Crippen LogP contribution < -0.4 is 9.47 Å². The van der Waals surface area contributed by atoms with Gasteiger partial charge in [0.15, 0.2) is 9.21 Å². The van der Waals surface area contributed by atoms with Crippen LogP contribution in [0.2, 0.25) is 0 Å². The maximum absolute atomic E-state index is 4.92. The Morgan fingerprint density at radius 3 is 1.67 bits per heavy atom. The molecule has 0 aliphatic rings.